The molecule has 0 atom stereocenters. The molecule has 3 N–H and O–H groups in total. The molecule has 0 aliphatic carbocycles. The average molecular weight is 423 g/mol. The van der Waals surface area contributed by atoms with E-state index in [2.05, 4.69) is 41.4 Å². The molecular formula is C24H27FN4O2. The lowest BCUT2D eigenvalue weighted by Crippen LogP contribution is -2.31. The Kier molecular flexibility index (Phi) is 5.43. The number of amides is 1. The maximum absolute atomic E-state index is 14.2. The van der Waals surface area contributed by atoms with Crippen molar-refractivity contribution in [3.8, 4) is 17.0 Å². The highest BCUT2D eigenvalue weighted by Crippen LogP contribution is 2.41. The van der Waals surface area contributed by atoms with Crippen LogP contribution in [-0.4, -0.2) is 29.0 Å². The highest BCUT2D eigenvalue weighted by molar-refractivity contribution is 6.06. The molecule has 7 heteroatoms. The first-order valence-corrected chi connectivity index (χ1v) is 10.4. The van der Waals surface area contributed by atoms with Crippen LogP contribution in [0, 0.1) is 18.2 Å². The zero-order valence-electron chi connectivity index (χ0n) is 18.2. The monoisotopic (exact) mass is 422 g/mol. The minimum absolute atomic E-state index is 0.0261. The Morgan fingerprint density at radius 3 is 2.84 bits per heavy atom. The van der Waals surface area contributed by atoms with Crippen LogP contribution in [0.25, 0.3) is 11.3 Å². The van der Waals surface area contributed by atoms with Crippen LogP contribution in [-0.2, 0) is 6.42 Å². The average Bonchev–Trinajstić information content (AvgIpc) is 3.09. The molecule has 0 bridgehead atoms. The smallest absolute Gasteiger partial charge is 0.255 e. The molecule has 0 saturated heterocycles. The number of carbonyl (C=O) groups is 1. The Labute approximate surface area is 181 Å². The molecule has 2 aromatic heterocycles. The topological polar surface area (TPSA) is 79.0 Å². The lowest BCUT2D eigenvalue weighted by Gasteiger charge is -2.20. The van der Waals surface area contributed by atoms with Gasteiger partial charge in [-0.2, -0.15) is 0 Å². The molecular weight excluding hydrogens is 395 g/mol. The third-order valence-corrected chi connectivity index (χ3v) is 5.21. The van der Waals surface area contributed by atoms with Crippen molar-refractivity contribution in [2.24, 2.45) is 5.41 Å². The number of benzene rings is 1. The number of pyridine rings is 1. The SMILES string of the molecule is Cc1c(F)cccc1Nc1c(-c2ccncc2OCC(C)(C)C)[nH]c2c1C(=O)NCC2. The van der Waals surface area contributed by atoms with Gasteiger partial charge in [0.2, 0.25) is 0 Å². The fourth-order valence-corrected chi connectivity index (χ4v) is 3.58. The van der Waals surface area contributed by atoms with E-state index in [1.807, 2.05) is 6.07 Å². The number of hydrogen-bond donors (Lipinski definition) is 3. The molecule has 1 aliphatic heterocycles. The van der Waals surface area contributed by atoms with Crippen LogP contribution >= 0.6 is 0 Å². The van der Waals surface area contributed by atoms with Crippen molar-refractivity contribution in [1.29, 1.82) is 0 Å². The second kappa shape index (κ2) is 8.06. The van der Waals surface area contributed by atoms with Gasteiger partial charge < -0.3 is 20.4 Å². The summed E-state index contributed by atoms with van der Waals surface area (Å²) in [5.41, 5.74) is 4.56. The molecule has 1 aromatic carbocycles. The maximum Gasteiger partial charge on any atom is 0.255 e. The first-order chi connectivity index (χ1) is 14.7. The van der Waals surface area contributed by atoms with Gasteiger partial charge in [-0.25, -0.2) is 4.39 Å². The summed E-state index contributed by atoms with van der Waals surface area (Å²) in [6.45, 7) is 9.08. The van der Waals surface area contributed by atoms with Gasteiger partial charge in [0.1, 0.15) is 11.6 Å². The molecule has 3 heterocycles. The van der Waals surface area contributed by atoms with E-state index in [-0.39, 0.29) is 17.1 Å². The Morgan fingerprint density at radius 1 is 1.26 bits per heavy atom. The number of nitrogens with one attached hydrogen (secondary N) is 3. The molecule has 4 rings (SSSR count). The Balaban J connectivity index is 1.84. The normalized spacial score (nSPS) is 13.5. The summed E-state index contributed by atoms with van der Waals surface area (Å²) in [5.74, 6) is 0.153. The van der Waals surface area contributed by atoms with Crippen molar-refractivity contribution >= 4 is 17.3 Å². The lowest BCUT2D eigenvalue weighted by molar-refractivity contribution is 0.0947. The first kappa shape index (κ1) is 20.9. The van der Waals surface area contributed by atoms with E-state index < -0.39 is 0 Å². The number of aromatic nitrogens is 2. The Morgan fingerprint density at radius 2 is 2.06 bits per heavy atom. The molecule has 0 spiro atoms. The molecule has 31 heavy (non-hydrogen) atoms. The van der Waals surface area contributed by atoms with Gasteiger partial charge in [-0.05, 0) is 30.5 Å². The molecule has 6 nitrogen and oxygen atoms in total. The fourth-order valence-electron chi connectivity index (χ4n) is 3.58. The molecule has 1 amide bonds. The summed E-state index contributed by atoms with van der Waals surface area (Å²) in [6.07, 6.45) is 4.05. The van der Waals surface area contributed by atoms with E-state index in [1.165, 1.54) is 6.07 Å². The third-order valence-electron chi connectivity index (χ3n) is 5.21. The molecule has 0 saturated carbocycles. The summed E-state index contributed by atoms with van der Waals surface area (Å²) in [5, 5.41) is 6.21. The van der Waals surface area contributed by atoms with Crippen molar-refractivity contribution in [3.05, 3.63) is 59.3 Å². The van der Waals surface area contributed by atoms with Gasteiger partial charge in [-0.1, -0.05) is 26.8 Å². The lowest BCUT2D eigenvalue weighted by atomic mass is 9.98. The quantitative estimate of drug-likeness (QED) is 0.542. The molecule has 0 fully saturated rings. The molecule has 3 aromatic rings. The van der Waals surface area contributed by atoms with Crippen LogP contribution in [0.5, 0.6) is 5.75 Å². The second-order valence-corrected chi connectivity index (χ2v) is 8.99. The van der Waals surface area contributed by atoms with Crippen molar-refractivity contribution in [3.63, 3.8) is 0 Å². The van der Waals surface area contributed by atoms with Crippen molar-refractivity contribution in [2.45, 2.75) is 34.1 Å². The van der Waals surface area contributed by atoms with Crippen molar-refractivity contribution in [2.75, 3.05) is 18.5 Å². The summed E-state index contributed by atoms with van der Waals surface area (Å²) < 4.78 is 20.3. The zero-order chi connectivity index (χ0) is 22.2. The van der Waals surface area contributed by atoms with Gasteiger partial charge in [0, 0.05) is 41.7 Å². The Bertz CT molecular complexity index is 1130. The first-order valence-electron chi connectivity index (χ1n) is 10.4. The largest absolute Gasteiger partial charge is 0.491 e. The second-order valence-electron chi connectivity index (χ2n) is 8.99. The van der Waals surface area contributed by atoms with Crippen LogP contribution in [0.15, 0.2) is 36.7 Å². The Hall–Kier alpha value is -3.35. The van der Waals surface area contributed by atoms with Crippen molar-refractivity contribution < 1.29 is 13.9 Å². The van der Waals surface area contributed by atoms with E-state index >= 15 is 0 Å². The standard InChI is InChI=1S/C24H27FN4O2/c1-14-16(25)6-5-7-17(14)28-22-20-18(9-11-27-23(20)30)29-21(22)15-8-10-26-12-19(15)31-13-24(2,3)4/h5-8,10,12,28-29H,9,11,13H2,1-4H3,(H,27,30). The van der Waals surface area contributed by atoms with Crippen LogP contribution in [0.3, 0.4) is 0 Å². The van der Waals surface area contributed by atoms with Gasteiger partial charge in [0.25, 0.3) is 5.91 Å². The van der Waals surface area contributed by atoms with Crippen LogP contribution in [0.2, 0.25) is 0 Å². The number of halogens is 1. The number of nitrogens with zero attached hydrogens (tertiary/aromatic N) is 1. The number of ether oxygens (including phenoxy) is 1. The van der Waals surface area contributed by atoms with E-state index in [0.29, 0.717) is 47.8 Å². The highest BCUT2D eigenvalue weighted by atomic mass is 19.1. The highest BCUT2D eigenvalue weighted by Gasteiger charge is 2.28. The summed E-state index contributed by atoms with van der Waals surface area (Å²) in [7, 11) is 0. The summed E-state index contributed by atoms with van der Waals surface area (Å²) >= 11 is 0. The molecule has 0 unspecified atom stereocenters. The van der Waals surface area contributed by atoms with Crippen LogP contribution in [0.4, 0.5) is 15.8 Å². The molecule has 162 valence electrons. The van der Waals surface area contributed by atoms with Gasteiger partial charge in [0.15, 0.2) is 0 Å². The number of hydrogen-bond acceptors (Lipinski definition) is 4. The third kappa shape index (κ3) is 4.26. The molecule has 0 radical (unpaired) electrons. The van der Waals surface area contributed by atoms with E-state index in [4.69, 9.17) is 4.74 Å². The number of carbonyl (C=O) groups excluding carboxylic acids is 1. The van der Waals surface area contributed by atoms with Crippen LogP contribution in [0.1, 0.15) is 42.4 Å². The number of fused-ring (bicyclic) bond motifs is 1. The number of anilines is 2. The van der Waals surface area contributed by atoms with Gasteiger partial charge >= 0.3 is 0 Å². The predicted octanol–water partition coefficient (Wildman–Crippen LogP) is 4.98. The van der Waals surface area contributed by atoms with E-state index in [9.17, 15) is 9.18 Å². The van der Waals surface area contributed by atoms with E-state index in [0.717, 1.165) is 17.0 Å². The fraction of sp³-hybridized carbons (Fsp3) is 0.333. The zero-order valence-corrected chi connectivity index (χ0v) is 18.2. The van der Waals surface area contributed by atoms with Gasteiger partial charge in [0.05, 0.1) is 29.7 Å². The maximum atomic E-state index is 14.2. The summed E-state index contributed by atoms with van der Waals surface area (Å²) in [6, 6.07) is 6.72. The molecule has 1 aliphatic rings. The van der Waals surface area contributed by atoms with Gasteiger partial charge in [-0.15, -0.1) is 0 Å². The van der Waals surface area contributed by atoms with Gasteiger partial charge in [-0.3, -0.25) is 9.78 Å². The minimum Gasteiger partial charge on any atom is -0.491 e. The van der Waals surface area contributed by atoms with E-state index in [1.54, 1.807) is 31.5 Å². The predicted molar refractivity (Wildman–Crippen MR) is 119 cm³/mol. The number of aromatic amines is 1. The minimum atomic E-state index is -0.307. The summed E-state index contributed by atoms with van der Waals surface area (Å²) in [4.78, 5) is 20.4. The number of rotatable bonds is 5. The van der Waals surface area contributed by atoms with Crippen LogP contribution < -0.4 is 15.4 Å². The van der Waals surface area contributed by atoms with Crippen molar-refractivity contribution in [1.82, 2.24) is 15.3 Å². The number of H-pyrrole nitrogens is 1.